The minimum Gasteiger partial charge on any atom is -0.381 e. The van der Waals surface area contributed by atoms with Crippen molar-refractivity contribution in [3.05, 3.63) is 64.3 Å². The highest BCUT2D eigenvalue weighted by Crippen LogP contribution is 2.15. The number of ether oxygens (including phenoxy) is 1. The van der Waals surface area contributed by atoms with E-state index in [0.29, 0.717) is 12.5 Å². The molecule has 3 heterocycles. The number of nitro groups is 1. The number of anilines is 1. The molecule has 0 bridgehead atoms. The Labute approximate surface area is 181 Å². The summed E-state index contributed by atoms with van der Waals surface area (Å²) in [5.74, 6) is 2.38. The second-order valence-corrected chi connectivity index (χ2v) is 7.84. The molecule has 1 aromatic carbocycles. The molecule has 0 radical (unpaired) electrons. The van der Waals surface area contributed by atoms with Gasteiger partial charge in [-0.15, -0.1) is 0 Å². The van der Waals surface area contributed by atoms with E-state index in [-0.39, 0.29) is 10.6 Å². The van der Waals surface area contributed by atoms with Crippen molar-refractivity contribution >= 4 is 17.5 Å². The number of hydrogen-bond acceptors (Lipinski definition) is 6. The van der Waals surface area contributed by atoms with Crippen molar-refractivity contribution < 1.29 is 9.66 Å². The molecule has 0 aliphatic carbocycles. The summed E-state index contributed by atoms with van der Waals surface area (Å²) in [4.78, 5) is 24.3. The summed E-state index contributed by atoms with van der Waals surface area (Å²) in [6.45, 7) is 6.37. The first-order valence-electron chi connectivity index (χ1n) is 10.7. The highest BCUT2D eigenvalue weighted by molar-refractivity contribution is 5.80. The molecule has 2 aliphatic heterocycles. The number of guanidine groups is 1. The summed E-state index contributed by atoms with van der Waals surface area (Å²) >= 11 is 0. The highest BCUT2D eigenvalue weighted by Gasteiger charge is 2.22. The molecule has 0 amide bonds. The number of nitrogens with one attached hydrogen (secondary N) is 1. The van der Waals surface area contributed by atoms with Gasteiger partial charge in [-0.3, -0.25) is 10.1 Å². The molecule has 1 unspecified atom stereocenters. The number of rotatable bonds is 6. The van der Waals surface area contributed by atoms with Gasteiger partial charge in [-0.1, -0.05) is 18.2 Å². The van der Waals surface area contributed by atoms with Gasteiger partial charge < -0.3 is 19.9 Å². The number of benzene rings is 1. The van der Waals surface area contributed by atoms with Crippen LogP contribution in [0, 0.1) is 16.0 Å². The number of piperazine rings is 1. The largest absolute Gasteiger partial charge is 0.381 e. The first kappa shape index (κ1) is 21.0. The maximum absolute atomic E-state index is 10.9. The summed E-state index contributed by atoms with van der Waals surface area (Å²) in [6.07, 6.45) is 2.89. The van der Waals surface area contributed by atoms with Crippen molar-refractivity contribution in [3.8, 4) is 0 Å². The van der Waals surface area contributed by atoms with Crippen LogP contribution in [-0.2, 0) is 11.3 Å². The average Bonchev–Trinajstić information content (AvgIpc) is 3.34. The van der Waals surface area contributed by atoms with Crippen molar-refractivity contribution in [2.75, 3.05) is 50.8 Å². The second-order valence-electron chi connectivity index (χ2n) is 7.84. The van der Waals surface area contributed by atoms with Gasteiger partial charge in [0.05, 0.1) is 18.1 Å². The van der Waals surface area contributed by atoms with E-state index in [2.05, 4.69) is 20.1 Å². The van der Waals surface area contributed by atoms with Crippen LogP contribution in [-0.4, -0.2) is 66.7 Å². The van der Waals surface area contributed by atoms with Gasteiger partial charge in [0.25, 0.3) is 5.69 Å². The third-order valence-corrected chi connectivity index (χ3v) is 5.68. The molecule has 4 rings (SSSR count). The van der Waals surface area contributed by atoms with Crippen molar-refractivity contribution in [1.82, 2.24) is 15.2 Å². The Morgan fingerprint density at radius 1 is 1.19 bits per heavy atom. The fourth-order valence-corrected chi connectivity index (χ4v) is 3.83. The van der Waals surface area contributed by atoms with Gasteiger partial charge in [0.1, 0.15) is 5.82 Å². The molecule has 2 saturated heterocycles. The van der Waals surface area contributed by atoms with Gasteiger partial charge in [-0.25, -0.2) is 9.98 Å². The number of non-ortho nitro benzene ring substituents is 1. The number of aromatic nitrogens is 1. The minimum absolute atomic E-state index is 0.0953. The number of pyridine rings is 1. The van der Waals surface area contributed by atoms with Crippen LogP contribution in [0.25, 0.3) is 0 Å². The SMILES string of the molecule is O=[N+]([O-])c1ccc(CN=C(NCC2CCOC2)N2CCN(c3ccccn3)CC2)cc1. The molecule has 9 heteroatoms. The van der Waals surface area contributed by atoms with Crippen molar-refractivity contribution in [2.24, 2.45) is 10.9 Å². The Hall–Kier alpha value is -3.20. The number of nitrogens with zero attached hydrogens (tertiary/aromatic N) is 5. The van der Waals surface area contributed by atoms with E-state index in [0.717, 1.165) is 69.7 Å². The quantitative estimate of drug-likeness (QED) is 0.329. The van der Waals surface area contributed by atoms with E-state index >= 15 is 0 Å². The Kier molecular flexibility index (Phi) is 6.93. The molecule has 1 N–H and O–H groups in total. The Bertz CT molecular complexity index is 876. The first-order chi connectivity index (χ1) is 15.2. The van der Waals surface area contributed by atoms with Crippen molar-refractivity contribution in [2.45, 2.75) is 13.0 Å². The van der Waals surface area contributed by atoms with E-state index < -0.39 is 0 Å². The fourth-order valence-electron chi connectivity index (χ4n) is 3.83. The molecule has 0 spiro atoms. The predicted octanol–water partition coefficient (Wildman–Crippen LogP) is 2.29. The molecule has 31 heavy (non-hydrogen) atoms. The number of hydrogen-bond donors (Lipinski definition) is 1. The van der Waals surface area contributed by atoms with Gasteiger partial charge in [0, 0.05) is 63.6 Å². The topological polar surface area (TPSA) is 96.1 Å². The standard InChI is InChI=1S/C22H28N6O3/c29-28(30)20-6-4-18(5-7-20)15-24-22(25-16-19-8-14-31-17-19)27-12-10-26(11-13-27)21-3-1-2-9-23-21/h1-7,9,19H,8,10-17H2,(H,24,25). The summed E-state index contributed by atoms with van der Waals surface area (Å²) < 4.78 is 5.50. The third kappa shape index (κ3) is 5.69. The normalized spacial score (nSPS) is 19.5. The summed E-state index contributed by atoms with van der Waals surface area (Å²) in [5.41, 5.74) is 1.04. The highest BCUT2D eigenvalue weighted by atomic mass is 16.6. The molecule has 1 aromatic heterocycles. The van der Waals surface area contributed by atoms with Gasteiger partial charge in [0.2, 0.25) is 0 Å². The summed E-state index contributed by atoms with van der Waals surface area (Å²) in [7, 11) is 0. The minimum atomic E-state index is -0.384. The van der Waals surface area contributed by atoms with E-state index in [1.165, 1.54) is 12.1 Å². The maximum atomic E-state index is 10.9. The van der Waals surface area contributed by atoms with Crippen LogP contribution in [0.1, 0.15) is 12.0 Å². The van der Waals surface area contributed by atoms with Crippen LogP contribution in [0.15, 0.2) is 53.7 Å². The first-order valence-corrected chi connectivity index (χ1v) is 10.7. The van der Waals surface area contributed by atoms with Gasteiger partial charge in [-0.05, 0) is 24.1 Å². The van der Waals surface area contributed by atoms with Crippen LogP contribution in [0.2, 0.25) is 0 Å². The lowest BCUT2D eigenvalue weighted by atomic mass is 10.1. The van der Waals surface area contributed by atoms with Crippen molar-refractivity contribution in [1.29, 1.82) is 0 Å². The van der Waals surface area contributed by atoms with E-state index in [9.17, 15) is 10.1 Å². The van der Waals surface area contributed by atoms with E-state index in [4.69, 9.17) is 9.73 Å². The van der Waals surface area contributed by atoms with Crippen LogP contribution in [0.3, 0.4) is 0 Å². The molecule has 0 saturated carbocycles. The fraction of sp³-hybridized carbons (Fsp3) is 0.455. The zero-order valence-corrected chi connectivity index (χ0v) is 17.5. The maximum Gasteiger partial charge on any atom is 0.269 e. The van der Waals surface area contributed by atoms with Crippen LogP contribution in [0.4, 0.5) is 11.5 Å². The molecule has 9 nitrogen and oxygen atoms in total. The molecule has 2 aromatic rings. The zero-order chi connectivity index (χ0) is 21.5. The van der Waals surface area contributed by atoms with Gasteiger partial charge >= 0.3 is 0 Å². The predicted molar refractivity (Wildman–Crippen MR) is 119 cm³/mol. The Morgan fingerprint density at radius 3 is 2.65 bits per heavy atom. The monoisotopic (exact) mass is 424 g/mol. The van der Waals surface area contributed by atoms with Crippen LogP contribution < -0.4 is 10.2 Å². The number of nitro benzene ring substituents is 1. The lowest BCUT2D eigenvalue weighted by molar-refractivity contribution is -0.384. The summed E-state index contributed by atoms with van der Waals surface area (Å²) in [5, 5.41) is 14.4. The van der Waals surface area contributed by atoms with Gasteiger partial charge in [-0.2, -0.15) is 0 Å². The van der Waals surface area contributed by atoms with Crippen LogP contribution >= 0.6 is 0 Å². The molecule has 164 valence electrons. The lowest BCUT2D eigenvalue weighted by Crippen LogP contribution is -2.53. The molecule has 2 fully saturated rings. The third-order valence-electron chi connectivity index (χ3n) is 5.68. The Balaban J connectivity index is 1.41. The average molecular weight is 425 g/mol. The molecular formula is C22H28N6O3. The number of aliphatic imine (C=N–C) groups is 1. The molecule has 1 atom stereocenters. The zero-order valence-electron chi connectivity index (χ0n) is 17.5. The van der Waals surface area contributed by atoms with Crippen LogP contribution in [0.5, 0.6) is 0 Å². The lowest BCUT2D eigenvalue weighted by Gasteiger charge is -2.37. The van der Waals surface area contributed by atoms with E-state index in [1.807, 2.05) is 24.4 Å². The van der Waals surface area contributed by atoms with Crippen molar-refractivity contribution in [3.63, 3.8) is 0 Å². The molecule has 2 aliphatic rings. The summed E-state index contributed by atoms with van der Waals surface area (Å²) in [6, 6.07) is 12.6. The molecular weight excluding hydrogens is 396 g/mol. The second kappa shape index (κ2) is 10.2. The van der Waals surface area contributed by atoms with Gasteiger partial charge in [0.15, 0.2) is 5.96 Å². The smallest absolute Gasteiger partial charge is 0.269 e. The van der Waals surface area contributed by atoms with E-state index in [1.54, 1.807) is 12.1 Å². The Morgan fingerprint density at radius 2 is 2.00 bits per heavy atom.